The number of nitrogens with one attached hydrogen (secondary N) is 2. The summed E-state index contributed by atoms with van der Waals surface area (Å²) in [4.78, 5) is 25.8. The lowest BCUT2D eigenvalue weighted by Crippen LogP contribution is -2.51. The topological polar surface area (TPSA) is 61.4 Å². The molecule has 0 saturated carbocycles. The quantitative estimate of drug-likeness (QED) is 0.697. The Labute approximate surface area is 102 Å². The van der Waals surface area contributed by atoms with Crippen LogP contribution in [0.4, 0.5) is 0 Å². The zero-order valence-electron chi connectivity index (χ0n) is 10.5. The molecule has 0 bridgehead atoms. The molecule has 2 amide bonds. The van der Waals surface area contributed by atoms with E-state index in [1.165, 1.54) is 0 Å². The van der Waals surface area contributed by atoms with Crippen LogP contribution >= 0.6 is 0 Å². The summed E-state index contributed by atoms with van der Waals surface area (Å²) in [6, 6.07) is -0.359. The second-order valence-corrected chi connectivity index (χ2v) is 5.00. The van der Waals surface area contributed by atoms with Crippen LogP contribution in [0.5, 0.6) is 0 Å². The maximum absolute atomic E-state index is 12.4. The van der Waals surface area contributed by atoms with E-state index in [0.29, 0.717) is 12.5 Å². The lowest BCUT2D eigenvalue weighted by atomic mass is 10.0. The van der Waals surface area contributed by atoms with Gasteiger partial charge in [-0.05, 0) is 31.7 Å². The monoisotopic (exact) mass is 239 g/mol. The lowest BCUT2D eigenvalue weighted by molar-refractivity contribution is -0.140. The molecule has 2 saturated heterocycles. The average molecular weight is 239 g/mol. The number of hydrogen-bond donors (Lipinski definition) is 2. The molecular weight excluding hydrogens is 218 g/mol. The molecule has 0 aliphatic carbocycles. The number of carbonyl (C=O) groups excluding carboxylic acids is 2. The van der Waals surface area contributed by atoms with Crippen LogP contribution in [0.25, 0.3) is 0 Å². The average Bonchev–Trinajstić information content (AvgIpc) is 2.95. The molecule has 3 unspecified atom stereocenters. The number of hydrogen-bond acceptors (Lipinski definition) is 3. The predicted octanol–water partition coefficient (Wildman–Crippen LogP) is -0.279. The number of likely N-dealkylation sites (N-methyl/N-ethyl adjacent to an activating group) is 1. The van der Waals surface area contributed by atoms with E-state index in [2.05, 4.69) is 17.6 Å². The van der Waals surface area contributed by atoms with Gasteiger partial charge in [0.25, 0.3) is 0 Å². The SMILES string of the molecule is CNC(=O)C1CCCN1C(=O)C1NCCC1C. The van der Waals surface area contributed by atoms with E-state index in [1.54, 1.807) is 11.9 Å². The fourth-order valence-corrected chi connectivity index (χ4v) is 2.81. The molecule has 0 aromatic heterocycles. The Morgan fingerprint density at radius 3 is 2.71 bits per heavy atom. The van der Waals surface area contributed by atoms with Crippen molar-refractivity contribution >= 4 is 11.8 Å². The second-order valence-electron chi connectivity index (χ2n) is 5.00. The van der Waals surface area contributed by atoms with Crippen molar-refractivity contribution in [2.45, 2.75) is 38.3 Å². The number of amides is 2. The highest BCUT2D eigenvalue weighted by Gasteiger charge is 2.39. The first kappa shape index (κ1) is 12.4. The summed E-state index contributed by atoms with van der Waals surface area (Å²) in [5, 5.41) is 5.88. The lowest BCUT2D eigenvalue weighted by Gasteiger charge is -2.27. The van der Waals surface area contributed by atoms with Crippen LogP contribution in [0, 0.1) is 5.92 Å². The van der Waals surface area contributed by atoms with Gasteiger partial charge in [0, 0.05) is 13.6 Å². The van der Waals surface area contributed by atoms with Crippen LogP contribution in [0.3, 0.4) is 0 Å². The Balaban J connectivity index is 2.05. The normalized spacial score (nSPS) is 32.8. The largest absolute Gasteiger partial charge is 0.357 e. The van der Waals surface area contributed by atoms with E-state index in [1.807, 2.05) is 0 Å². The molecule has 2 heterocycles. The number of carbonyl (C=O) groups is 2. The van der Waals surface area contributed by atoms with Crippen molar-refractivity contribution in [1.82, 2.24) is 15.5 Å². The highest BCUT2D eigenvalue weighted by Crippen LogP contribution is 2.23. The predicted molar refractivity (Wildman–Crippen MR) is 64.4 cm³/mol. The van der Waals surface area contributed by atoms with E-state index in [9.17, 15) is 9.59 Å². The minimum absolute atomic E-state index is 0.0403. The molecule has 2 rings (SSSR count). The molecule has 2 N–H and O–H groups in total. The summed E-state index contributed by atoms with van der Waals surface area (Å²) in [6.07, 6.45) is 2.74. The van der Waals surface area contributed by atoms with Crippen molar-refractivity contribution < 1.29 is 9.59 Å². The highest BCUT2D eigenvalue weighted by molar-refractivity contribution is 5.90. The van der Waals surface area contributed by atoms with Crippen LogP contribution in [-0.4, -0.2) is 48.9 Å². The zero-order chi connectivity index (χ0) is 12.4. The minimum atomic E-state index is -0.262. The first-order valence-electron chi connectivity index (χ1n) is 6.40. The van der Waals surface area contributed by atoms with Crippen LogP contribution in [0.2, 0.25) is 0 Å². The smallest absolute Gasteiger partial charge is 0.242 e. The third kappa shape index (κ3) is 2.29. The summed E-state index contributed by atoms with van der Waals surface area (Å²) < 4.78 is 0. The van der Waals surface area contributed by atoms with E-state index in [4.69, 9.17) is 0 Å². The Bertz CT molecular complexity index is 319. The Hall–Kier alpha value is -1.10. The molecule has 0 spiro atoms. The summed E-state index contributed by atoms with van der Waals surface area (Å²) >= 11 is 0. The number of likely N-dealkylation sites (tertiary alicyclic amines) is 1. The van der Waals surface area contributed by atoms with Crippen molar-refractivity contribution in [1.29, 1.82) is 0 Å². The Morgan fingerprint density at radius 1 is 1.35 bits per heavy atom. The van der Waals surface area contributed by atoms with Gasteiger partial charge in [0.15, 0.2) is 0 Å². The molecule has 0 radical (unpaired) electrons. The Kier molecular flexibility index (Phi) is 3.66. The molecule has 5 nitrogen and oxygen atoms in total. The van der Waals surface area contributed by atoms with E-state index in [-0.39, 0.29) is 23.9 Å². The van der Waals surface area contributed by atoms with Crippen LogP contribution in [-0.2, 0) is 9.59 Å². The summed E-state index contributed by atoms with van der Waals surface area (Å²) in [7, 11) is 1.62. The van der Waals surface area contributed by atoms with Gasteiger partial charge in [-0.15, -0.1) is 0 Å². The molecule has 0 aromatic carbocycles. The third-order valence-corrected chi connectivity index (χ3v) is 3.88. The fraction of sp³-hybridized carbons (Fsp3) is 0.833. The fourth-order valence-electron chi connectivity index (χ4n) is 2.81. The highest BCUT2D eigenvalue weighted by atomic mass is 16.2. The second kappa shape index (κ2) is 5.04. The first-order chi connectivity index (χ1) is 8.15. The van der Waals surface area contributed by atoms with Crippen molar-refractivity contribution in [2.24, 2.45) is 5.92 Å². The summed E-state index contributed by atoms with van der Waals surface area (Å²) in [5.41, 5.74) is 0. The van der Waals surface area contributed by atoms with Crippen LogP contribution in [0.15, 0.2) is 0 Å². The van der Waals surface area contributed by atoms with E-state index < -0.39 is 0 Å². The van der Waals surface area contributed by atoms with Gasteiger partial charge in [-0.2, -0.15) is 0 Å². The van der Waals surface area contributed by atoms with Crippen molar-refractivity contribution in [2.75, 3.05) is 20.1 Å². The summed E-state index contributed by atoms with van der Waals surface area (Å²) in [6.45, 7) is 3.70. The van der Waals surface area contributed by atoms with Gasteiger partial charge in [-0.3, -0.25) is 9.59 Å². The van der Waals surface area contributed by atoms with E-state index >= 15 is 0 Å². The number of rotatable bonds is 2. The Morgan fingerprint density at radius 2 is 2.12 bits per heavy atom. The van der Waals surface area contributed by atoms with Gasteiger partial charge in [0.05, 0.1) is 6.04 Å². The molecule has 2 aliphatic rings. The van der Waals surface area contributed by atoms with Gasteiger partial charge in [0.1, 0.15) is 6.04 Å². The van der Waals surface area contributed by atoms with Gasteiger partial charge < -0.3 is 15.5 Å². The molecule has 5 heteroatoms. The standard InChI is InChI=1S/C12H21N3O2/c1-8-5-6-14-10(8)12(17)15-7-3-4-9(15)11(16)13-2/h8-10,14H,3-7H2,1-2H3,(H,13,16). The van der Waals surface area contributed by atoms with Crippen molar-refractivity contribution in [3.63, 3.8) is 0 Å². The molecule has 17 heavy (non-hydrogen) atoms. The molecule has 96 valence electrons. The molecular formula is C12H21N3O2. The van der Waals surface area contributed by atoms with Crippen molar-refractivity contribution in [3.05, 3.63) is 0 Å². The van der Waals surface area contributed by atoms with Crippen molar-refractivity contribution in [3.8, 4) is 0 Å². The molecule has 2 aliphatic heterocycles. The number of nitrogens with zero attached hydrogens (tertiary/aromatic N) is 1. The van der Waals surface area contributed by atoms with Gasteiger partial charge >= 0.3 is 0 Å². The zero-order valence-corrected chi connectivity index (χ0v) is 10.5. The summed E-state index contributed by atoms with van der Waals surface area (Å²) in [5.74, 6) is 0.427. The minimum Gasteiger partial charge on any atom is -0.357 e. The van der Waals surface area contributed by atoms with E-state index in [0.717, 1.165) is 25.8 Å². The molecule has 3 atom stereocenters. The first-order valence-corrected chi connectivity index (χ1v) is 6.40. The maximum atomic E-state index is 12.4. The third-order valence-electron chi connectivity index (χ3n) is 3.88. The molecule has 0 aromatic rings. The van der Waals surface area contributed by atoms with Gasteiger partial charge in [-0.1, -0.05) is 6.92 Å². The van der Waals surface area contributed by atoms with Gasteiger partial charge in [-0.25, -0.2) is 0 Å². The maximum Gasteiger partial charge on any atom is 0.242 e. The molecule has 2 fully saturated rings. The van der Waals surface area contributed by atoms with Crippen LogP contribution < -0.4 is 10.6 Å². The van der Waals surface area contributed by atoms with Crippen LogP contribution in [0.1, 0.15) is 26.2 Å². The van der Waals surface area contributed by atoms with Gasteiger partial charge in [0.2, 0.25) is 11.8 Å².